The van der Waals surface area contributed by atoms with E-state index in [9.17, 15) is 0 Å². The van der Waals surface area contributed by atoms with Crippen LogP contribution >= 0.6 is 8.73 Å². The zero-order chi connectivity index (χ0) is 10.8. The molecule has 0 aliphatic rings. The quantitative estimate of drug-likeness (QED) is 0.231. The summed E-state index contributed by atoms with van der Waals surface area (Å²) in [6.07, 6.45) is 6.14. The average molecular weight is 217 g/mol. The standard InChI is InChI=1S/C8H20N5P/c1-2-3-4-5-6-14-13-8(11)12-7(9)10/h14H,2-6H2,1H3,(H6,9,10,11,12,13). The molecule has 0 aliphatic heterocycles. The third kappa shape index (κ3) is 9.26. The van der Waals surface area contributed by atoms with Crippen molar-refractivity contribution in [3.63, 3.8) is 0 Å². The smallest absolute Gasteiger partial charge is 0.215 e. The summed E-state index contributed by atoms with van der Waals surface area (Å²) in [5.41, 5.74) is 10.5. The molecule has 1 atom stereocenters. The van der Waals surface area contributed by atoms with Crippen LogP contribution in [-0.2, 0) is 0 Å². The predicted molar refractivity (Wildman–Crippen MR) is 64.0 cm³/mol. The fourth-order valence-corrected chi connectivity index (χ4v) is 1.74. The van der Waals surface area contributed by atoms with E-state index in [1.807, 2.05) is 0 Å². The van der Waals surface area contributed by atoms with Gasteiger partial charge in [0.1, 0.15) is 0 Å². The number of aliphatic imine (C=N–C) groups is 1. The monoisotopic (exact) mass is 217 g/mol. The van der Waals surface area contributed by atoms with Gasteiger partial charge in [0.25, 0.3) is 0 Å². The highest BCUT2D eigenvalue weighted by molar-refractivity contribution is 7.36. The topological polar surface area (TPSA) is 100 Å². The summed E-state index contributed by atoms with van der Waals surface area (Å²) in [4.78, 5) is 3.56. The lowest BCUT2D eigenvalue weighted by Crippen LogP contribution is -2.28. The lowest BCUT2D eigenvalue weighted by molar-refractivity contribution is 0.705. The molecule has 0 aromatic heterocycles. The predicted octanol–water partition coefficient (Wildman–Crippen LogP) is 0.958. The van der Waals surface area contributed by atoms with Crippen LogP contribution in [0.15, 0.2) is 4.99 Å². The van der Waals surface area contributed by atoms with Crippen molar-refractivity contribution in [2.45, 2.75) is 32.6 Å². The van der Waals surface area contributed by atoms with Crippen molar-refractivity contribution in [3.05, 3.63) is 0 Å². The molecule has 0 radical (unpaired) electrons. The molecule has 0 aromatic carbocycles. The Bertz CT molecular complexity index is 192. The highest BCUT2D eigenvalue weighted by Crippen LogP contribution is 2.08. The van der Waals surface area contributed by atoms with E-state index in [4.69, 9.17) is 16.9 Å². The number of nitrogens with zero attached hydrogens (tertiary/aromatic N) is 1. The lowest BCUT2D eigenvalue weighted by Gasteiger charge is -2.04. The highest BCUT2D eigenvalue weighted by Gasteiger charge is 1.92. The van der Waals surface area contributed by atoms with Gasteiger partial charge < -0.3 is 16.6 Å². The molecule has 0 saturated carbocycles. The van der Waals surface area contributed by atoms with E-state index in [-0.39, 0.29) is 11.9 Å². The third-order valence-electron chi connectivity index (χ3n) is 1.61. The minimum Gasteiger partial charge on any atom is -0.369 e. The van der Waals surface area contributed by atoms with Crippen LogP contribution in [0.5, 0.6) is 0 Å². The maximum atomic E-state index is 6.87. The van der Waals surface area contributed by atoms with E-state index in [1.54, 1.807) is 0 Å². The van der Waals surface area contributed by atoms with Gasteiger partial charge in [-0.05, 0) is 21.3 Å². The highest BCUT2D eigenvalue weighted by atomic mass is 31.1. The number of unbranched alkanes of at least 4 members (excludes halogenated alkanes) is 3. The first-order valence-electron chi connectivity index (χ1n) is 4.84. The number of hydrogen-bond acceptors (Lipinski definition) is 1. The van der Waals surface area contributed by atoms with Gasteiger partial charge in [-0.25, -0.2) is 0 Å². The summed E-state index contributed by atoms with van der Waals surface area (Å²) in [6, 6.07) is 0. The van der Waals surface area contributed by atoms with Crippen molar-refractivity contribution in [1.82, 2.24) is 5.09 Å². The van der Waals surface area contributed by atoms with Crippen molar-refractivity contribution in [1.29, 1.82) is 5.41 Å². The van der Waals surface area contributed by atoms with Gasteiger partial charge in [0, 0.05) is 0 Å². The molecule has 5 nitrogen and oxygen atoms in total. The Morgan fingerprint density at radius 1 is 1.36 bits per heavy atom. The Morgan fingerprint density at radius 3 is 2.64 bits per heavy atom. The average Bonchev–Trinajstić information content (AvgIpc) is 2.10. The number of nitrogens with one attached hydrogen (secondary N) is 2. The zero-order valence-electron chi connectivity index (χ0n) is 8.64. The zero-order valence-corrected chi connectivity index (χ0v) is 9.64. The molecule has 6 heteroatoms. The van der Waals surface area contributed by atoms with Gasteiger partial charge in [-0.3, -0.25) is 5.41 Å². The van der Waals surface area contributed by atoms with E-state index in [2.05, 4.69) is 17.0 Å². The Morgan fingerprint density at radius 2 is 2.07 bits per heavy atom. The molecule has 0 aliphatic carbocycles. The largest absolute Gasteiger partial charge is 0.369 e. The van der Waals surface area contributed by atoms with Crippen LogP contribution < -0.4 is 16.6 Å². The molecule has 0 bridgehead atoms. The fourth-order valence-electron chi connectivity index (χ4n) is 0.951. The minimum atomic E-state index is -0.259. The summed E-state index contributed by atoms with van der Waals surface area (Å²) in [6.45, 7) is 2.19. The molecule has 6 N–H and O–H groups in total. The molecule has 0 rings (SSSR count). The maximum Gasteiger partial charge on any atom is 0.215 e. The van der Waals surface area contributed by atoms with Gasteiger partial charge in [0.05, 0.1) is 0 Å². The van der Waals surface area contributed by atoms with Gasteiger partial charge in [0.2, 0.25) is 5.96 Å². The second-order valence-electron chi connectivity index (χ2n) is 2.99. The van der Waals surface area contributed by atoms with Crippen LogP contribution in [0.3, 0.4) is 0 Å². The van der Waals surface area contributed by atoms with Crippen LogP contribution in [0.2, 0.25) is 0 Å². The second kappa shape index (κ2) is 8.75. The molecule has 14 heavy (non-hydrogen) atoms. The first-order chi connectivity index (χ1) is 6.66. The number of hydrogen-bond donors (Lipinski definition) is 4. The third-order valence-corrected chi connectivity index (χ3v) is 2.65. The molecule has 0 aromatic rings. The van der Waals surface area contributed by atoms with Gasteiger partial charge in [-0.15, -0.1) is 0 Å². The maximum absolute atomic E-state index is 6.87. The Labute approximate surface area is 87.1 Å². The molecule has 0 amide bonds. The first kappa shape index (κ1) is 13.2. The van der Waals surface area contributed by atoms with Gasteiger partial charge in [-0.2, -0.15) is 4.99 Å². The first-order valence-corrected chi connectivity index (χ1v) is 6.04. The summed E-state index contributed by atoms with van der Waals surface area (Å²) in [5, 5.41) is 9.79. The summed E-state index contributed by atoms with van der Waals surface area (Å²) < 4.78 is 0. The molecule has 0 fully saturated rings. The fraction of sp³-hybridized carbons (Fsp3) is 0.750. The normalized spacial score (nSPS) is 12.2. The molecule has 0 spiro atoms. The lowest BCUT2D eigenvalue weighted by atomic mass is 10.2. The Kier molecular flexibility index (Phi) is 8.24. The van der Waals surface area contributed by atoms with Gasteiger partial charge >= 0.3 is 0 Å². The molecule has 1 unspecified atom stereocenters. The van der Waals surface area contributed by atoms with Crippen molar-refractivity contribution in [3.8, 4) is 0 Å². The molecule has 0 heterocycles. The Hall–Kier alpha value is -0.830. The van der Waals surface area contributed by atoms with Crippen molar-refractivity contribution >= 4 is 20.7 Å². The molecular formula is C8H20N5P. The van der Waals surface area contributed by atoms with Crippen LogP contribution in [0.1, 0.15) is 32.6 Å². The van der Waals surface area contributed by atoms with Crippen LogP contribution in [0.4, 0.5) is 0 Å². The van der Waals surface area contributed by atoms with E-state index < -0.39 is 0 Å². The van der Waals surface area contributed by atoms with Gasteiger partial charge in [-0.1, -0.05) is 26.2 Å². The van der Waals surface area contributed by atoms with E-state index in [0.717, 1.165) is 6.16 Å². The van der Waals surface area contributed by atoms with Crippen molar-refractivity contribution in [2.75, 3.05) is 6.16 Å². The number of guanidine groups is 2. The molecule has 82 valence electrons. The minimum absolute atomic E-state index is 0.242. The van der Waals surface area contributed by atoms with Gasteiger partial charge in [0.15, 0.2) is 5.96 Å². The van der Waals surface area contributed by atoms with E-state index in [1.165, 1.54) is 25.7 Å². The summed E-state index contributed by atoms with van der Waals surface area (Å²) in [5.74, 6) is -0.0166. The Balaban J connectivity index is 3.31. The van der Waals surface area contributed by atoms with Crippen molar-refractivity contribution in [2.24, 2.45) is 16.5 Å². The van der Waals surface area contributed by atoms with Crippen LogP contribution in [0, 0.1) is 5.41 Å². The summed E-state index contributed by atoms with van der Waals surface area (Å²) in [7, 11) is 0.565. The van der Waals surface area contributed by atoms with E-state index in [0.29, 0.717) is 8.73 Å². The number of rotatable bonds is 6. The molecule has 0 saturated heterocycles. The van der Waals surface area contributed by atoms with Crippen LogP contribution in [0.25, 0.3) is 0 Å². The van der Waals surface area contributed by atoms with E-state index >= 15 is 0 Å². The van der Waals surface area contributed by atoms with Crippen LogP contribution in [-0.4, -0.2) is 18.1 Å². The molecular weight excluding hydrogens is 197 g/mol. The van der Waals surface area contributed by atoms with Crippen molar-refractivity contribution < 1.29 is 0 Å². The summed E-state index contributed by atoms with van der Waals surface area (Å²) >= 11 is 0. The SMILES string of the molecule is CCCCCCPNC(N)=NC(=N)N. The number of nitrogens with two attached hydrogens (primary N) is 2. The second-order valence-corrected chi connectivity index (χ2v) is 4.10.